The number of rotatable bonds is 5. The van der Waals surface area contributed by atoms with Crippen molar-refractivity contribution >= 4 is 38.6 Å². The molecule has 2 rings (SSSR count). The molecule has 2 aromatic rings. The fourth-order valence-corrected chi connectivity index (χ4v) is 2.96. The Morgan fingerprint density at radius 2 is 2.05 bits per heavy atom. The van der Waals surface area contributed by atoms with Crippen LogP contribution in [0.15, 0.2) is 16.6 Å². The number of imidazole rings is 1. The Morgan fingerprint density at radius 3 is 2.57 bits per heavy atom. The second kappa shape index (κ2) is 6.63. The van der Waals surface area contributed by atoms with E-state index < -0.39 is 0 Å². The van der Waals surface area contributed by atoms with Crippen molar-refractivity contribution in [1.29, 1.82) is 0 Å². The summed E-state index contributed by atoms with van der Waals surface area (Å²) in [5.74, 6) is 0.737. The number of hydrogen-bond acceptors (Lipinski definition) is 2. The molecule has 116 valence electrons. The average Bonchev–Trinajstić information content (AvgIpc) is 2.75. The number of halogens is 3. The highest BCUT2D eigenvalue weighted by Crippen LogP contribution is 2.33. The van der Waals surface area contributed by atoms with Gasteiger partial charge in [-0.05, 0) is 34.8 Å². The molecular formula is C15H19BrClFN2O. The number of alkyl halides is 1. The first-order valence-corrected chi connectivity index (χ1v) is 8.09. The molecule has 0 saturated heterocycles. The van der Waals surface area contributed by atoms with Crippen molar-refractivity contribution in [1.82, 2.24) is 9.55 Å². The summed E-state index contributed by atoms with van der Waals surface area (Å²) in [6, 6.07) is 3.24. The van der Waals surface area contributed by atoms with Crippen molar-refractivity contribution in [3.05, 3.63) is 28.2 Å². The zero-order chi connectivity index (χ0) is 15.7. The van der Waals surface area contributed by atoms with Gasteiger partial charge < -0.3 is 9.30 Å². The van der Waals surface area contributed by atoms with Crippen LogP contribution in [0, 0.1) is 11.7 Å². The largest absolute Gasteiger partial charge is 0.383 e. The maximum Gasteiger partial charge on any atom is 0.139 e. The molecule has 1 aromatic carbocycles. The molecule has 1 heterocycles. The molecule has 6 heteroatoms. The number of aromatic nitrogens is 2. The Kier molecular flexibility index (Phi) is 5.28. The van der Waals surface area contributed by atoms with E-state index in [2.05, 4.69) is 34.8 Å². The quantitative estimate of drug-likeness (QED) is 0.679. The minimum atomic E-state index is -0.308. The Labute approximate surface area is 137 Å². The molecule has 3 nitrogen and oxygen atoms in total. The van der Waals surface area contributed by atoms with Gasteiger partial charge in [-0.15, -0.1) is 11.6 Å². The van der Waals surface area contributed by atoms with Gasteiger partial charge in [0.05, 0.1) is 33.5 Å². The van der Waals surface area contributed by atoms with E-state index in [1.54, 1.807) is 13.2 Å². The molecule has 21 heavy (non-hydrogen) atoms. The minimum absolute atomic E-state index is 0.0526. The third-order valence-corrected chi connectivity index (χ3v) is 4.36. The van der Waals surface area contributed by atoms with Crippen LogP contribution < -0.4 is 0 Å². The predicted octanol–water partition coefficient (Wildman–Crippen LogP) is 5.08. The Hall–Kier alpha value is -0.650. The van der Waals surface area contributed by atoms with Gasteiger partial charge in [-0.1, -0.05) is 13.8 Å². The van der Waals surface area contributed by atoms with Gasteiger partial charge in [0.25, 0.3) is 0 Å². The van der Waals surface area contributed by atoms with Gasteiger partial charge in [0.1, 0.15) is 11.6 Å². The second-order valence-electron chi connectivity index (χ2n) is 5.48. The highest BCUT2D eigenvalue weighted by atomic mass is 79.9. The van der Waals surface area contributed by atoms with Crippen molar-refractivity contribution in [3.8, 4) is 0 Å². The summed E-state index contributed by atoms with van der Waals surface area (Å²) in [6.07, 6.45) is 0. The van der Waals surface area contributed by atoms with Crippen molar-refractivity contribution in [2.75, 3.05) is 13.7 Å². The lowest BCUT2D eigenvalue weighted by atomic mass is 10.0. The zero-order valence-electron chi connectivity index (χ0n) is 12.5. The minimum Gasteiger partial charge on any atom is -0.383 e. The SMILES string of the molecule is COCC(C(C)C)n1c(C(C)Cl)nc2cc(Br)c(F)cc21. The zero-order valence-corrected chi connectivity index (χ0v) is 14.9. The molecule has 0 aliphatic heterocycles. The summed E-state index contributed by atoms with van der Waals surface area (Å²) in [5.41, 5.74) is 1.47. The normalized spacial score (nSPS) is 14.9. The molecule has 1 aromatic heterocycles. The lowest BCUT2D eigenvalue weighted by Gasteiger charge is -2.25. The van der Waals surface area contributed by atoms with Crippen molar-refractivity contribution in [2.45, 2.75) is 32.2 Å². The maximum atomic E-state index is 13.9. The summed E-state index contributed by atoms with van der Waals surface area (Å²) in [7, 11) is 1.66. The molecule has 0 saturated carbocycles. The van der Waals surface area contributed by atoms with E-state index in [0.29, 0.717) is 17.0 Å². The van der Waals surface area contributed by atoms with Gasteiger partial charge in [0, 0.05) is 13.2 Å². The second-order valence-corrected chi connectivity index (χ2v) is 6.99. The van der Waals surface area contributed by atoms with Crippen molar-refractivity contribution in [2.24, 2.45) is 5.92 Å². The van der Waals surface area contributed by atoms with Crippen LogP contribution in [-0.2, 0) is 4.74 Å². The van der Waals surface area contributed by atoms with E-state index >= 15 is 0 Å². The van der Waals surface area contributed by atoms with Crippen LogP contribution in [0.3, 0.4) is 0 Å². The highest BCUT2D eigenvalue weighted by Gasteiger charge is 2.25. The topological polar surface area (TPSA) is 27.1 Å². The van der Waals surface area contributed by atoms with E-state index in [1.807, 2.05) is 11.5 Å². The van der Waals surface area contributed by atoms with E-state index in [9.17, 15) is 4.39 Å². The Morgan fingerprint density at radius 1 is 1.38 bits per heavy atom. The van der Waals surface area contributed by atoms with E-state index in [-0.39, 0.29) is 17.2 Å². The number of nitrogens with zero attached hydrogens (tertiary/aromatic N) is 2. The van der Waals surface area contributed by atoms with Gasteiger partial charge >= 0.3 is 0 Å². The first-order valence-electron chi connectivity index (χ1n) is 6.86. The average molecular weight is 378 g/mol. The fourth-order valence-electron chi connectivity index (χ4n) is 2.47. The van der Waals surface area contributed by atoms with Gasteiger partial charge in [0.2, 0.25) is 0 Å². The fraction of sp³-hybridized carbons (Fsp3) is 0.533. The summed E-state index contributed by atoms with van der Waals surface area (Å²) in [6.45, 7) is 6.60. The third-order valence-electron chi connectivity index (χ3n) is 3.55. The van der Waals surface area contributed by atoms with Gasteiger partial charge in [-0.2, -0.15) is 0 Å². The standard InChI is InChI=1S/C15H19BrClFN2O/c1-8(2)14(7-21-4)20-13-6-11(18)10(16)5-12(13)19-15(20)9(3)17/h5-6,8-9,14H,7H2,1-4H3. The van der Waals surface area contributed by atoms with Crippen molar-refractivity contribution in [3.63, 3.8) is 0 Å². The summed E-state index contributed by atoms with van der Waals surface area (Å²) in [5, 5.41) is -0.266. The first kappa shape index (κ1) is 16.7. The van der Waals surface area contributed by atoms with Crippen LogP contribution >= 0.6 is 27.5 Å². The van der Waals surface area contributed by atoms with E-state index in [4.69, 9.17) is 16.3 Å². The molecule has 0 amide bonds. The molecule has 0 fully saturated rings. The number of methoxy groups -OCH3 is 1. The van der Waals surface area contributed by atoms with Crippen LogP contribution in [-0.4, -0.2) is 23.3 Å². The molecule has 0 N–H and O–H groups in total. The highest BCUT2D eigenvalue weighted by molar-refractivity contribution is 9.10. The summed E-state index contributed by atoms with van der Waals surface area (Å²) >= 11 is 9.48. The number of fused-ring (bicyclic) bond motifs is 1. The lowest BCUT2D eigenvalue weighted by molar-refractivity contribution is 0.133. The summed E-state index contributed by atoms with van der Waals surface area (Å²) in [4.78, 5) is 4.58. The number of hydrogen-bond donors (Lipinski definition) is 0. The van der Waals surface area contributed by atoms with Crippen LogP contribution in [0.1, 0.15) is 38.0 Å². The van der Waals surface area contributed by atoms with Crippen LogP contribution in [0.25, 0.3) is 11.0 Å². The van der Waals surface area contributed by atoms with Gasteiger partial charge in [-0.25, -0.2) is 9.37 Å². The van der Waals surface area contributed by atoms with Gasteiger partial charge in [-0.3, -0.25) is 0 Å². The van der Waals surface area contributed by atoms with E-state index in [1.165, 1.54) is 6.07 Å². The predicted molar refractivity (Wildman–Crippen MR) is 87.4 cm³/mol. The lowest BCUT2D eigenvalue weighted by Crippen LogP contribution is -2.22. The summed E-state index contributed by atoms with van der Waals surface area (Å²) < 4.78 is 21.7. The van der Waals surface area contributed by atoms with Crippen molar-refractivity contribution < 1.29 is 9.13 Å². The number of ether oxygens (including phenoxy) is 1. The maximum absolute atomic E-state index is 13.9. The first-order chi connectivity index (χ1) is 9.86. The van der Waals surface area contributed by atoms with E-state index in [0.717, 1.165) is 16.9 Å². The molecule has 2 unspecified atom stereocenters. The number of benzene rings is 1. The molecular weight excluding hydrogens is 359 g/mol. The van der Waals surface area contributed by atoms with Crippen LogP contribution in [0.4, 0.5) is 4.39 Å². The van der Waals surface area contributed by atoms with Crippen LogP contribution in [0.5, 0.6) is 0 Å². The molecule has 2 atom stereocenters. The molecule has 0 spiro atoms. The Bertz CT molecular complexity index is 642. The monoisotopic (exact) mass is 376 g/mol. The molecule has 0 radical (unpaired) electrons. The van der Waals surface area contributed by atoms with Gasteiger partial charge in [0.15, 0.2) is 0 Å². The molecule has 0 bridgehead atoms. The smallest absolute Gasteiger partial charge is 0.139 e. The molecule has 0 aliphatic rings. The van der Waals surface area contributed by atoms with Crippen LogP contribution in [0.2, 0.25) is 0 Å². The Balaban J connectivity index is 2.73. The molecule has 0 aliphatic carbocycles. The third kappa shape index (κ3) is 3.25.